The van der Waals surface area contributed by atoms with Crippen LogP contribution in [0.15, 0.2) is 49.6 Å². The predicted molar refractivity (Wildman–Crippen MR) is 145 cm³/mol. The lowest BCUT2D eigenvalue weighted by molar-refractivity contribution is -0.154. The van der Waals surface area contributed by atoms with Crippen molar-refractivity contribution in [1.82, 2.24) is 4.90 Å². The molecule has 0 aromatic heterocycles. The van der Waals surface area contributed by atoms with Crippen LogP contribution in [0.2, 0.25) is 5.02 Å². The number of anilines is 1. The van der Waals surface area contributed by atoms with E-state index in [1.54, 1.807) is 43.3 Å². The van der Waals surface area contributed by atoms with Gasteiger partial charge in [-0.05, 0) is 31.9 Å². The minimum atomic E-state index is -0.894. The maximum Gasteiger partial charge on any atom is 0.310 e. The van der Waals surface area contributed by atoms with Gasteiger partial charge < -0.3 is 19.6 Å². The highest BCUT2D eigenvalue weighted by molar-refractivity contribution is 9.09. The van der Waals surface area contributed by atoms with Gasteiger partial charge in [-0.1, -0.05) is 51.8 Å². The first-order chi connectivity index (χ1) is 17.2. The number of nitrogens with zero attached hydrogens (tertiary/aromatic N) is 2. The number of rotatable bonds is 10. The lowest BCUT2D eigenvalue weighted by Gasteiger charge is -2.39. The van der Waals surface area contributed by atoms with E-state index < -0.39 is 34.6 Å². The monoisotopic (exact) mass is 596 g/mol. The molecule has 3 aliphatic rings. The van der Waals surface area contributed by atoms with Crippen molar-refractivity contribution in [1.29, 1.82) is 0 Å². The number of hydrogen-bond acceptors (Lipinski definition) is 6. The standard InChI is InChI=1S/C26H30BrClN2O5S/c1-4-6-12-35-25(34)19-20-23(32)30(15(3)14-31)22(26(20)13-16(27)21(19)36-26)24(33)29(11-5-2)18-10-8-7-9-17(18)28/h4-5,7-10,15-16,19-22,31H,1-2,6,11-14H2,3H3/t15-,16?,19+,20+,21+,22?,26?/m1/s1. The van der Waals surface area contributed by atoms with E-state index in [1.807, 2.05) is 0 Å². The van der Waals surface area contributed by atoms with Gasteiger partial charge in [0.05, 0.1) is 46.5 Å². The van der Waals surface area contributed by atoms with Gasteiger partial charge in [0.1, 0.15) is 6.04 Å². The number of likely N-dealkylation sites (tertiary alicyclic amines) is 1. The number of hydrogen-bond donors (Lipinski definition) is 1. The van der Waals surface area contributed by atoms with Crippen molar-refractivity contribution in [3.8, 4) is 0 Å². The fourth-order valence-corrected chi connectivity index (χ4v) is 9.59. The summed E-state index contributed by atoms with van der Waals surface area (Å²) in [6.45, 7) is 9.24. The molecule has 1 aromatic carbocycles. The number of fused-ring (bicyclic) bond motifs is 1. The number of thioether (sulfide) groups is 1. The Labute approximate surface area is 229 Å². The van der Waals surface area contributed by atoms with Crippen molar-refractivity contribution in [2.24, 2.45) is 11.8 Å². The number of benzene rings is 1. The molecule has 0 radical (unpaired) electrons. The van der Waals surface area contributed by atoms with Crippen molar-refractivity contribution in [3.05, 3.63) is 54.6 Å². The zero-order chi connectivity index (χ0) is 26.2. The minimum Gasteiger partial charge on any atom is -0.465 e. The van der Waals surface area contributed by atoms with Crippen LogP contribution in [0.4, 0.5) is 5.69 Å². The first-order valence-corrected chi connectivity index (χ1v) is 14.1. The fraction of sp³-hybridized carbons (Fsp3) is 0.500. The topological polar surface area (TPSA) is 87.1 Å². The van der Waals surface area contributed by atoms with Gasteiger partial charge in [-0.3, -0.25) is 14.4 Å². The fourth-order valence-electron chi connectivity index (χ4n) is 5.77. The quantitative estimate of drug-likeness (QED) is 0.191. The van der Waals surface area contributed by atoms with Gasteiger partial charge >= 0.3 is 5.97 Å². The molecule has 7 nitrogen and oxygen atoms in total. The van der Waals surface area contributed by atoms with Crippen LogP contribution in [0.25, 0.3) is 0 Å². The number of esters is 1. The molecule has 1 spiro atoms. The Hall–Kier alpha value is -1.81. The van der Waals surface area contributed by atoms with Gasteiger partial charge in [-0.25, -0.2) is 0 Å². The van der Waals surface area contributed by atoms with Gasteiger partial charge in [-0.15, -0.1) is 24.9 Å². The maximum absolute atomic E-state index is 14.4. The second-order valence-electron chi connectivity index (χ2n) is 9.37. The van der Waals surface area contributed by atoms with E-state index in [4.69, 9.17) is 16.3 Å². The Kier molecular flexibility index (Phi) is 8.24. The normalized spacial score (nSPS) is 31.2. The number of carbonyl (C=O) groups is 3. The van der Waals surface area contributed by atoms with Gasteiger partial charge in [0.15, 0.2) is 0 Å². The smallest absolute Gasteiger partial charge is 0.310 e. The second kappa shape index (κ2) is 10.9. The third kappa shape index (κ3) is 4.31. The molecular weight excluding hydrogens is 568 g/mol. The van der Waals surface area contributed by atoms with Crippen molar-refractivity contribution < 1.29 is 24.2 Å². The molecule has 0 aliphatic carbocycles. The number of ether oxygens (including phenoxy) is 1. The minimum absolute atomic E-state index is 0.0728. The first kappa shape index (κ1) is 27.2. The van der Waals surface area contributed by atoms with Gasteiger partial charge in [-0.2, -0.15) is 0 Å². The summed E-state index contributed by atoms with van der Waals surface area (Å²) in [6.07, 6.45) is 4.32. The molecule has 7 atom stereocenters. The van der Waals surface area contributed by atoms with E-state index in [2.05, 4.69) is 29.1 Å². The third-order valence-corrected chi connectivity index (χ3v) is 10.8. The number of para-hydroxylation sites is 1. The molecule has 4 rings (SSSR count). The summed E-state index contributed by atoms with van der Waals surface area (Å²) in [5.41, 5.74) is 0.515. The number of halogens is 2. The van der Waals surface area contributed by atoms with Crippen molar-refractivity contribution in [3.63, 3.8) is 0 Å². The van der Waals surface area contributed by atoms with Crippen LogP contribution in [0.3, 0.4) is 0 Å². The number of carbonyl (C=O) groups excluding carboxylic acids is 3. The molecule has 3 fully saturated rings. The van der Waals surface area contributed by atoms with Crippen LogP contribution in [-0.2, 0) is 19.1 Å². The van der Waals surface area contributed by atoms with Crippen molar-refractivity contribution in [2.45, 2.75) is 46.7 Å². The summed E-state index contributed by atoms with van der Waals surface area (Å²) < 4.78 is 4.67. The van der Waals surface area contributed by atoms with Gasteiger partial charge in [0.2, 0.25) is 5.91 Å². The molecule has 3 aliphatic heterocycles. The van der Waals surface area contributed by atoms with Gasteiger partial charge in [0.25, 0.3) is 5.91 Å². The second-order valence-corrected chi connectivity index (χ2v) is 12.5. The molecule has 194 valence electrons. The molecule has 3 unspecified atom stereocenters. The Bertz CT molecular complexity index is 1070. The van der Waals surface area contributed by atoms with Crippen LogP contribution in [-0.4, -0.2) is 74.5 Å². The highest BCUT2D eigenvalue weighted by Crippen LogP contribution is 2.68. The first-order valence-electron chi connectivity index (χ1n) is 11.9. The molecule has 3 heterocycles. The summed E-state index contributed by atoms with van der Waals surface area (Å²) in [7, 11) is 0. The molecule has 3 saturated heterocycles. The van der Waals surface area contributed by atoms with E-state index in [0.29, 0.717) is 23.6 Å². The molecule has 0 saturated carbocycles. The predicted octanol–water partition coefficient (Wildman–Crippen LogP) is 3.82. The zero-order valence-corrected chi connectivity index (χ0v) is 23.2. The van der Waals surface area contributed by atoms with Crippen LogP contribution < -0.4 is 4.90 Å². The van der Waals surface area contributed by atoms with Crippen LogP contribution >= 0.6 is 39.3 Å². The van der Waals surface area contributed by atoms with E-state index in [-0.39, 0.29) is 41.6 Å². The molecule has 2 amide bonds. The molecular formula is C26H30BrClN2O5S. The van der Waals surface area contributed by atoms with Crippen LogP contribution in [0.5, 0.6) is 0 Å². The number of aliphatic hydroxyl groups excluding tert-OH is 1. The summed E-state index contributed by atoms with van der Waals surface area (Å²) in [4.78, 5) is 44.5. The van der Waals surface area contributed by atoms with Crippen LogP contribution in [0.1, 0.15) is 19.8 Å². The average Bonchev–Trinajstić information content (AvgIpc) is 3.45. The average molecular weight is 598 g/mol. The Morgan fingerprint density at radius 2 is 2.11 bits per heavy atom. The SMILES string of the molecule is C=CCCOC(=O)[C@H]1[C@H]2C(=O)N([C@H](C)CO)C(C(=O)N(CC=C)c3ccccc3Cl)C23CC(Br)[C@@H]1S3. The molecule has 1 N–H and O–H groups in total. The lowest BCUT2D eigenvalue weighted by Crippen LogP contribution is -2.57. The van der Waals surface area contributed by atoms with E-state index in [0.717, 1.165) is 0 Å². The summed E-state index contributed by atoms with van der Waals surface area (Å²) in [6, 6.07) is 5.52. The number of aliphatic hydroxyl groups is 1. The highest BCUT2D eigenvalue weighted by Gasteiger charge is 2.76. The van der Waals surface area contributed by atoms with Crippen LogP contribution in [0, 0.1) is 11.8 Å². The lowest BCUT2D eigenvalue weighted by atomic mass is 9.71. The highest BCUT2D eigenvalue weighted by atomic mass is 79.9. The Morgan fingerprint density at radius 1 is 1.39 bits per heavy atom. The van der Waals surface area contributed by atoms with Crippen molar-refractivity contribution in [2.75, 3.05) is 24.7 Å². The van der Waals surface area contributed by atoms with E-state index in [1.165, 1.54) is 21.6 Å². The maximum atomic E-state index is 14.4. The molecule has 10 heteroatoms. The van der Waals surface area contributed by atoms with E-state index in [9.17, 15) is 19.5 Å². The number of amides is 2. The molecule has 1 aromatic rings. The largest absolute Gasteiger partial charge is 0.465 e. The zero-order valence-electron chi connectivity index (χ0n) is 20.0. The summed E-state index contributed by atoms with van der Waals surface area (Å²) in [5.74, 6) is -2.46. The number of alkyl halides is 1. The van der Waals surface area contributed by atoms with Crippen molar-refractivity contribution >= 4 is 62.8 Å². The Balaban J connectivity index is 1.79. The Morgan fingerprint density at radius 3 is 2.75 bits per heavy atom. The van der Waals surface area contributed by atoms with E-state index >= 15 is 0 Å². The molecule has 2 bridgehead atoms. The third-order valence-electron chi connectivity index (χ3n) is 7.26. The summed E-state index contributed by atoms with van der Waals surface area (Å²) in [5, 5.41) is 10.2. The summed E-state index contributed by atoms with van der Waals surface area (Å²) >= 11 is 11.7. The van der Waals surface area contributed by atoms with Gasteiger partial charge in [0, 0.05) is 16.6 Å². The molecule has 36 heavy (non-hydrogen) atoms.